The molecular formula is C16H14F3N3O4S2. The first kappa shape index (κ1) is 19.3. The Hall–Kier alpha value is -2.05. The molecule has 2 aromatic rings. The van der Waals surface area contributed by atoms with Crippen LogP contribution in [0.15, 0.2) is 23.2 Å². The minimum absolute atomic E-state index is 0.179. The highest BCUT2D eigenvalue weighted by atomic mass is 32.2. The number of aromatic nitrogens is 2. The SMILES string of the molecule is C[C@@H](O)[C@H]1C(=O)N2C(C(=O)O)=C(c3cn4cnc(SC(F)(F)F)c4s3)[C@H](C)[C@H]12. The number of hydrogen-bond donors (Lipinski definition) is 2. The summed E-state index contributed by atoms with van der Waals surface area (Å²) in [5, 5.41) is 19.3. The van der Waals surface area contributed by atoms with Crippen LogP contribution in [-0.4, -0.2) is 54.0 Å². The van der Waals surface area contributed by atoms with Gasteiger partial charge < -0.3 is 15.1 Å². The van der Waals surface area contributed by atoms with Gasteiger partial charge in [-0.3, -0.25) is 9.20 Å². The first-order valence-corrected chi connectivity index (χ1v) is 9.85. The van der Waals surface area contributed by atoms with E-state index in [1.807, 2.05) is 0 Å². The molecule has 0 aliphatic carbocycles. The second-order valence-electron chi connectivity index (χ2n) is 6.73. The van der Waals surface area contributed by atoms with Gasteiger partial charge in [-0.2, -0.15) is 13.2 Å². The molecule has 28 heavy (non-hydrogen) atoms. The van der Waals surface area contributed by atoms with Crippen LogP contribution in [0.2, 0.25) is 0 Å². The largest absolute Gasteiger partial charge is 0.477 e. The summed E-state index contributed by atoms with van der Waals surface area (Å²) in [6.45, 7) is 3.23. The number of thiazole rings is 1. The highest BCUT2D eigenvalue weighted by molar-refractivity contribution is 8.00. The monoisotopic (exact) mass is 433 g/mol. The predicted octanol–water partition coefficient (Wildman–Crippen LogP) is 2.66. The maximum absolute atomic E-state index is 12.7. The van der Waals surface area contributed by atoms with Gasteiger partial charge in [0.2, 0.25) is 5.91 Å². The summed E-state index contributed by atoms with van der Waals surface area (Å²) in [5.41, 5.74) is -4.29. The van der Waals surface area contributed by atoms with E-state index in [-0.39, 0.29) is 27.3 Å². The van der Waals surface area contributed by atoms with E-state index < -0.39 is 41.4 Å². The van der Waals surface area contributed by atoms with Crippen LogP contribution in [0.25, 0.3) is 10.4 Å². The molecule has 4 rings (SSSR count). The number of aliphatic hydroxyl groups is 1. The Labute approximate surface area is 164 Å². The molecule has 0 radical (unpaired) electrons. The van der Waals surface area contributed by atoms with Gasteiger partial charge in [0.15, 0.2) is 0 Å². The molecule has 0 unspecified atom stereocenters. The van der Waals surface area contributed by atoms with Crippen LogP contribution < -0.4 is 0 Å². The number of imidazole rings is 1. The number of rotatable bonds is 4. The molecule has 4 atom stereocenters. The fourth-order valence-electron chi connectivity index (χ4n) is 3.98. The third-order valence-electron chi connectivity index (χ3n) is 5.03. The summed E-state index contributed by atoms with van der Waals surface area (Å²) in [6.07, 6.45) is 1.84. The number of thioether (sulfide) groups is 1. The lowest BCUT2D eigenvalue weighted by atomic mass is 9.77. The number of aliphatic carboxylic acids is 1. The predicted molar refractivity (Wildman–Crippen MR) is 94.5 cm³/mol. The van der Waals surface area contributed by atoms with Gasteiger partial charge in [-0.1, -0.05) is 6.92 Å². The second kappa shape index (κ2) is 6.22. The van der Waals surface area contributed by atoms with Crippen molar-refractivity contribution in [1.29, 1.82) is 0 Å². The minimum atomic E-state index is -4.49. The second-order valence-corrected chi connectivity index (χ2v) is 8.81. The molecule has 2 N–H and O–H groups in total. The van der Waals surface area contributed by atoms with E-state index in [2.05, 4.69) is 4.98 Å². The Morgan fingerprint density at radius 2 is 2.11 bits per heavy atom. The van der Waals surface area contributed by atoms with E-state index >= 15 is 0 Å². The fourth-order valence-corrected chi connectivity index (χ4v) is 5.85. The van der Waals surface area contributed by atoms with Gasteiger partial charge in [0.25, 0.3) is 0 Å². The molecule has 2 aliphatic rings. The topological polar surface area (TPSA) is 95.1 Å². The van der Waals surface area contributed by atoms with Crippen LogP contribution >= 0.6 is 23.1 Å². The number of hydrogen-bond acceptors (Lipinski definition) is 6. The molecule has 4 heterocycles. The van der Waals surface area contributed by atoms with Crippen molar-refractivity contribution in [3.05, 3.63) is 23.1 Å². The maximum atomic E-state index is 12.7. The van der Waals surface area contributed by atoms with Crippen LogP contribution in [-0.2, 0) is 9.59 Å². The van der Waals surface area contributed by atoms with Crippen molar-refractivity contribution < 1.29 is 33.0 Å². The van der Waals surface area contributed by atoms with E-state index in [9.17, 15) is 33.0 Å². The van der Waals surface area contributed by atoms with Crippen LogP contribution in [0.1, 0.15) is 18.7 Å². The molecule has 0 spiro atoms. The van der Waals surface area contributed by atoms with Crippen molar-refractivity contribution in [2.45, 2.75) is 36.5 Å². The lowest BCUT2D eigenvalue weighted by molar-refractivity contribution is -0.163. The molecular weight excluding hydrogens is 419 g/mol. The number of fused-ring (bicyclic) bond motifs is 2. The average molecular weight is 433 g/mol. The van der Waals surface area contributed by atoms with E-state index in [4.69, 9.17) is 0 Å². The molecule has 1 saturated heterocycles. The van der Waals surface area contributed by atoms with E-state index in [1.165, 1.54) is 28.7 Å². The van der Waals surface area contributed by atoms with Crippen molar-refractivity contribution >= 4 is 45.4 Å². The van der Waals surface area contributed by atoms with Crippen molar-refractivity contribution in [2.24, 2.45) is 11.8 Å². The molecule has 1 fully saturated rings. The van der Waals surface area contributed by atoms with Gasteiger partial charge in [0, 0.05) is 29.4 Å². The van der Waals surface area contributed by atoms with Gasteiger partial charge >= 0.3 is 11.5 Å². The summed E-state index contributed by atoms with van der Waals surface area (Å²) < 4.78 is 39.6. The molecule has 0 bridgehead atoms. The lowest BCUT2D eigenvalue weighted by Crippen LogP contribution is -2.63. The van der Waals surface area contributed by atoms with Gasteiger partial charge in [0.05, 0.1) is 22.9 Å². The molecule has 2 aliphatic heterocycles. The molecule has 7 nitrogen and oxygen atoms in total. The third kappa shape index (κ3) is 2.73. The maximum Gasteiger partial charge on any atom is 0.447 e. The van der Waals surface area contributed by atoms with E-state index in [0.29, 0.717) is 10.5 Å². The number of halogens is 3. The van der Waals surface area contributed by atoms with Gasteiger partial charge in [0.1, 0.15) is 21.9 Å². The number of carboxylic acid groups (broad SMARTS) is 1. The minimum Gasteiger partial charge on any atom is -0.477 e. The number of aliphatic hydroxyl groups excluding tert-OH is 1. The Bertz CT molecular complexity index is 1030. The Morgan fingerprint density at radius 1 is 1.43 bits per heavy atom. The van der Waals surface area contributed by atoms with Crippen LogP contribution in [0.4, 0.5) is 13.2 Å². The smallest absolute Gasteiger partial charge is 0.447 e. The Morgan fingerprint density at radius 3 is 2.68 bits per heavy atom. The van der Waals surface area contributed by atoms with Crippen LogP contribution in [0.5, 0.6) is 0 Å². The van der Waals surface area contributed by atoms with Crippen molar-refractivity contribution in [1.82, 2.24) is 14.3 Å². The number of nitrogens with zero attached hydrogens (tertiary/aromatic N) is 3. The summed E-state index contributed by atoms with van der Waals surface area (Å²) in [5.74, 6) is -2.84. The zero-order chi connectivity index (χ0) is 20.5. The average Bonchev–Trinajstić information content (AvgIpc) is 3.17. The molecule has 2 aromatic heterocycles. The standard InChI is InChI=1S/C16H14F3N3O4S2/c1-5-8(11(15(25)26)22-10(5)9(6(2)23)13(22)24)7-3-21-4-20-12(14(21)27-7)28-16(17,18)19/h3-6,9-10,23H,1-2H3,(H,25,26)/t5-,6+,9+,10+/m0/s1. The zero-order valence-corrected chi connectivity index (χ0v) is 16.1. The number of alkyl halides is 3. The van der Waals surface area contributed by atoms with E-state index in [1.54, 1.807) is 6.92 Å². The molecule has 12 heteroatoms. The molecule has 150 valence electrons. The van der Waals surface area contributed by atoms with Gasteiger partial charge in [-0.15, -0.1) is 11.3 Å². The highest BCUT2D eigenvalue weighted by Gasteiger charge is 2.60. The third-order valence-corrected chi connectivity index (χ3v) is 7.03. The van der Waals surface area contributed by atoms with Crippen molar-refractivity contribution in [3.8, 4) is 0 Å². The highest BCUT2D eigenvalue weighted by Crippen LogP contribution is 2.52. The van der Waals surface area contributed by atoms with Crippen molar-refractivity contribution in [2.75, 3.05) is 0 Å². The lowest BCUT2D eigenvalue weighted by Gasteiger charge is -2.46. The number of carboxylic acids is 1. The summed E-state index contributed by atoms with van der Waals surface area (Å²) in [4.78, 5) is 29.9. The Kier molecular flexibility index (Phi) is 4.28. The van der Waals surface area contributed by atoms with Gasteiger partial charge in [-0.05, 0) is 6.92 Å². The molecule has 1 amide bonds. The normalized spacial score (nSPS) is 26.0. The zero-order valence-electron chi connectivity index (χ0n) is 14.5. The quantitative estimate of drug-likeness (QED) is 0.569. The van der Waals surface area contributed by atoms with Crippen molar-refractivity contribution in [3.63, 3.8) is 0 Å². The number of β-lactam (4-membered cyclic amide) rings is 1. The number of carbonyl (C=O) groups excluding carboxylic acids is 1. The fraction of sp³-hybridized carbons (Fsp3) is 0.438. The first-order valence-electron chi connectivity index (χ1n) is 8.22. The summed E-state index contributed by atoms with van der Waals surface area (Å²) in [7, 11) is 0. The van der Waals surface area contributed by atoms with Crippen LogP contribution in [0, 0.1) is 11.8 Å². The Balaban J connectivity index is 1.80. The summed E-state index contributed by atoms with van der Waals surface area (Å²) in [6, 6.07) is -0.489. The molecule has 0 saturated carbocycles. The molecule has 0 aromatic carbocycles. The number of carbonyl (C=O) groups is 2. The number of amides is 1. The van der Waals surface area contributed by atoms with E-state index in [0.717, 1.165) is 11.3 Å². The summed E-state index contributed by atoms with van der Waals surface area (Å²) >= 11 is 0.661. The van der Waals surface area contributed by atoms with Crippen LogP contribution in [0.3, 0.4) is 0 Å². The first-order chi connectivity index (χ1) is 13.0. The van der Waals surface area contributed by atoms with Gasteiger partial charge in [-0.25, -0.2) is 9.78 Å².